The molecule has 3 heterocycles. The SMILES string of the molecule is CCc1[nH]c(-c2cc3cc[nH]c3o2)nc1C(=O)O. The van der Waals surface area contributed by atoms with Crippen LogP contribution in [0.5, 0.6) is 0 Å². The van der Waals surface area contributed by atoms with Gasteiger partial charge in [-0.3, -0.25) is 0 Å². The number of nitrogens with one attached hydrogen (secondary N) is 2. The number of aromatic carboxylic acids is 1. The summed E-state index contributed by atoms with van der Waals surface area (Å²) < 4.78 is 5.54. The molecule has 0 aliphatic rings. The molecule has 3 rings (SSSR count). The van der Waals surface area contributed by atoms with Gasteiger partial charge in [-0.05, 0) is 18.6 Å². The number of H-pyrrole nitrogens is 2. The third kappa shape index (κ3) is 1.50. The molecular formula is C12H11N3O3. The molecule has 0 fully saturated rings. The van der Waals surface area contributed by atoms with E-state index in [2.05, 4.69) is 15.0 Å². The molecule has 0 aromatic carbocycles. The number of aromatic nitrogens is 3. The second-order valence-electron chi connectivity index (χ2n) is 3.94. The van der Waals surface area contributed by atoms with Crippen LogP contribution in [0, 0.1) is 0 Å². The van der Waals surface area contributed by atoms with Crippen LogP contribution in [0.2, 0.25) is 0 Å². The number of imidazole rings is 1. The summed E-state index contributed by atoms with van der Waals surface area (Å²) in [5, 5.41) is 9.96. The summed E-state index contributed by atoms with van der Waals surface area (Å²) in [6.07, 6.45) is 2.35. The van der Waals surface area contributed by atoms with Gasteiger partial charge in [-0.25, -0.2) is 9.78 Å². The molecule has 0 aliphatic heterocycles. The Morgan fingerprint density at radius 2 is 2.39 bits per heavy atom. The highest BCUT2D eigenvalue weighted by Gasteiger charge is 2.18. The molecule has 6 nitrogen and oxygen atoms in total. The van der Waals surface area contributed by atoms with Crippen LogP contribution in [-0.2, 0) is 6.42 Å². The van der Waals surface area contributed by atoms with Crippen LogP contribution < -0.4 is 0 Å². The zero-order valence-corrected chi connectivity index (χ0v) is 9.65. The van der Waals surface area contributed by atoms with Gasteiger partial charge in [0, 0.05) is 17.3 Å². The number of aryl methyl sites for hydroxylation is 1. The zero-order chi connectivity index (χ0) is 12.7. The maximum Gasteiger partial charge on any atom is 0.356 e. The van der Waals surface area contributed by atoms with Crippen molar-refractivity contribution in [1.82, 2.24) is 15.0 Å². The number of aromatic amines is 2. The highest BCUT2D eigenvalue weighted by Crippen LogP contribution is 2.26. The lowest BCUT2D eigenvalue weighted by atomic mass is 10.3. The van der Waals surface area contributed by atoms with Gasteiger partial charge in [-0.1, -0.05) is 6.92 Å². The lowest BCUT2D eigenvalue weighted by molar-refractivity contribution is 0.0690. The fourth-order valence-electron chi connectivity index (χ4n) is 1.92. The molecule has 18 heavy (non-hydrogen) atoms. The number of rotatable bonds is 3. The third-order valence-corrected chi connectivity index (χ3v) is 2.81. The van der Waals surface area contributed by atoms with Gasteiger partial charge < -0.3 is 19.5 Å². The fraction of sp³-hybridized carbons (Fsp3) is 0.167. The van der Waals surface area contributed by atoms with Gasteiger partial charge in [0.1, 0.15) is 0 Å². The van der Waals surface area contributed by atoms with Crippen LogP contribution in [-0.4, -0.2) is 26.0 Å². The van der Waals surface area contributed by atoms with E-state index in [0.29, 0.717) is 29.4 Å². The van der Waals surface area contributed by atoms with Crippen LogP contribution in [0.1, 0.15) is 23.1 Å². The van der Waals surface area contributed by atoms with E-state index in [-0.39, 0.29) is 5.69 Å². The number of hydrogen-bond donors (Lipinski definition) is 3. The fourth-order valence-corrected chi connectivity index (χ4v) is 1.92. The van der Waals surface area contributed by atoms with Gasteiger partial charge in [0.25, 0.3) is 0 Å². The Morgan fingerprint density at radius 3 is 3.00 bits per heavy atom. The number of furan rings is 1. The summed E-state index contributed by atoms with van der Waals surface area (Å²) in [5.41, 5.74) is 1.29. The summed E-state index contributed by atoms with van der Waals surface area (Å²) in [7, 11) is 0. The minimum absolute atomic E-state index is 0.0487. The Bertz CT molecular complexity index is 691. The normalized spacial score (nSPS) is 11.2. The molecule has 0 spiro atoms. The van der Waals surface area contributed by atoms with Crippen molar-refractivity contribution in [3.63, 3.8) is 0 Å². The van der Waals surface area contributed by atoms with E-state index in [0.717, 1.165) is 5.39 Å². The number of carboxylic acid groups (broad SMARTS) is 1. The van der Waals surface area contributed by atoms with Gasteiger partial charge in [0.05, 0.1) is 0 Å². The largest absolute Gasteiger partial charge is 0.476 e. The molecule has 0 amide bonds. The van der Waals surface area contributed by atoms with E-state index in [1.807, 2.05) is 19.1 Å². The maximum atomic E-state index is 11.0. The summed E-state index contributed by atoms with van der Waals surface area (Å²) in [4.78, 5) is 21.0. The van der Waals surface area contributed by atoms with E-state index in [1.54, 1.807) is 6.20 Å². The maximum absolute atomic E-state index is 11.0. The number of fused-ring (bicyclic) bond motifs is 1. The first-order valence-corrected chi connectivity index (χ1v) is 5.58. The molecular weight excluding hydrogens is 234 g/mol. The number of carboxylic acids is 1. The van der Waals surface area contributed by atoms with Crippen molar-refractivity contribution in [2.45, 2.75) is 13.3 Å². The molecule has 0 atom stereocenters. The summed E-state index contributed by atoms with van der Waals surface area (Å²) in [6.45, 7) is 1.87. The average Bonchev–Trinajstić information content (AvgIpc) is 3.01. The van der Waals surface area contributed by atoms with Gasteiger partial charge in [-0.15, -0.1) is 0 Å². The van der Waals surface area contributed by atoms with Crippen LogP contribution >= 0.6 is 0 Å². The van der Waals surface area contributed by atoms with E-state index in [1.165, 1.54) is 0 Å². The first-order chi connectivity index (χ1) is 8.69. The van der Waals surface area contributed by atoms with Crippen LogP contribution in [0.15, 0.2) is 22.7 Å². The standard InChI is InChI=1S/C12H11N3O3/c1-2-7-9(12(16)17)15-10(14-7)8-5-6-3-4-13-11(6)18-8/h3-5,13H,2H2,1H3,(H,14,15)(H,16,17). The molecule has 3 aromatic heterocycles. The molecule has 6 heteroatoms. The summed E-state index contributed by atoms with van der Waals surface area (Å²) in [6, 6.07) is 3.69. The number of carbonyl (C=O) groups is 1. The van der Waals surface area contributed by atoms with Crippen molar-refractivity contribution >= 4 is 17.1 Å². The van der Waals surface area contributed by atoms with Crippen LogP contribution in [0.3, 0.4) is 0 Å². The van der Waals surface area contributed by atoms with Crippen molar-refractivity contribution in [3.8, 4) is 11.6 Å². The molecule has 3 N–H and O–H groups in total. The summed E-state index contributed by atoms with van der Waals surface area (Å²) >= 11 is 0. The quantitative estimate of drug-likeness (QED) is 0.660. The molecule has 0 unspecified atom stereocenters. The molecule has 0 saturated carbocycles. The highest BCUT2D eigenvalue weighted by molar-refractivity contribution is 5.88. The average molecular weight is 245 g/mol. The van der Waals surface area contributed by atoms with Gasteiger partial charge in [-0.2, -0.15) is 0 Å². The third-order valence-electron chi connectivity index (χ3n) is 2.81. The van der Waals surface area contributed by atoms with Crippen molar-refractivity contribution < 1.29 is 14.3 Å². The van der Waals surface area contributed by atoms with E-state index in [4.69, 9.17) is 9.52 Å². The Morgan fingerprint density at radius 1 is 1.56 bits per heavy atom. The molecule has 0 radical (unpaired) electrons. The highest BCUT2D eigenvalue weighted by atomic mass is 16.4. The number of nitrogens with zero attached hydrogens (tertiary/aromatic N) is 1. The lowest BCUT2D eigenvalue weighted by Gasteiger charge is -1.90. The second kappa shape index (κ2) is 3.76. The van der Waals surface area contributed by atoms with Crippen molar-refractivity contribution in [2.75, 3.05) is 0 Å². The minimum Gasteiger partial charge on any atom is -0.476 e. The van der Waals surface area contributed by atoms with E-state index in [9.17, 15) is 4.79 Å². The smallest absolute Gasteiger partial charge is 0.356 e. The van der Waals surface area contributed by atoms with Crippen LogP contribution in [0.25, 0.3) is 22.7 Å². The lowest BCUT2D eigenvalue weighted by Crippen LogP contribution is -2.00. The van der Waals surface area contributed by atoms with Crippen molar-refractivity contribution in [3.05, 3.63) is 29.7 Å². The number of hydrogen-bond acceptors (Lipinski definition) is 3. The van der Waals surface area contributed by atoms with Gasteiger partial charge in [0.2, 0.25) is 5.71 Å². The Balaban J connectivity index is 2.11. The zero-order valence-electron chi connectivity index (χ0n) is 9.65. The molecule has 0 saturated heterocycles. The van der Waals surface area contributed by atoms with Crippen LogP contribution in [0.4, 0.5) is 0 Å². The summed E-state index contributed by atoms with van der Waals surface area (Å²) in [5.74, 6) is -0.0700. The predicted octanol–water partition coefficient (Wildman–Crippen LogP) is 2.41. The second-order valence-corrected chi connectivity index (χ2v) is 3.94. The van der Waals surface area contributed by atoms with Crippen molar-refractivity contribution in [1.29, 1.82) is 0 Å². The van der Waals surface area contributed by atoms with E-state index >= 15 is 0 Å². The van der Waals surface area contributed by atoms with E-state index < -0.39 is 5.97 Å². The van der Waals surface area contributed by atoms with Gasteiger partial charge in [0.15, 0.2) is 17.3 Å². The van der Waals surface area contributed by atoms with Gasteiger partial charge >= 0.3 is 5.97 Å². The molecule has 92 valence electrons. The Kier molecular flexibility index (Phi) is 2.22. The molecule has 3 aromatic rings. The molecule has 0 aliphatic carbocycles. The predicted molar refractivity (Wildman–Crippen MR) is 64.5 cm³/mol. The first kappa shape index (κ1) is 10.6. The minimum atomic E-state index is -1.04. The Hall–Kier alpha value is -2.50. The van der Waals surface area contributed by atoms with Crippen molar-refractivity contribution in [2.24, 2.45) is 0 Å². The first-order valence-electron chi connectivity index (χ1n) is 5.58. The molecule has 0 bridgehead atoms. The Labute approximate surface area is 102 Å². The topological polar surface area (TPSA) is 94.9 Å². The monoisotopic (exact) mass is 245 g/mol.